The summed E-state index contributed by atoms with van der Waals surface area (Å²) in [6.45, 7) is 1.81. The van der Waals surface area contributed by atoms with E-state index in [1.54, 1.807) is 23.0 Å². The van der Waals surface area contributed by atoms with Crippen LogP contribution in [0.1, 0.15) is 11.3 Å². The van der Waals surface area contributed by atoms with Gasteiger partial charge in [-0.15, -0.1) is 11.3 Å². The van der Waals surface area contributed by atoms with Crippen molar-refractivity contribution in [1.82, 2.24) is 14.5 Å². The lowest BCUT2D eigenvalue weighted by Crippen LogP contribution is -2.25. The largest absolute Gasteiger partial charge is 0.482 e. The lowest BCUT2D eigenvalue weighted by atomic mass is 10.1. The van der Waals surface area contributed by atoms with Gasteiger partial charge in [-0.2, -0.15) is 10.2 Å². The van der Waals surface area contributed by atoms with Crippen LogP contribution in [0.2, 0.25) is 5.15 Å². The highest BCUT2D eigenvalue weighted by molar-refractivity contribution is 7.07. The molecule has 0 unspecified atom stereocenters. The van der Waals surface area contributed by atoms with Crippen molar-refractivity contribution >= 4 is 46.4 Å². The first kappa shape index (κ1) is 24.8. The number of aromatic nitrogens is 3. The van der Waals surface area contributed by atoms with Gasteiger partial charge in [0.25, 0.3) is 5.91 Å². The Morgan fingerprint density at radius 2 is 1.92 bits per heavy atom. The summed E-state index contributed by atoms with van der Waals surface area (Å²) >= 11 is 8.12. The molecule has 1 aliphatic rings. The normalized spacial score (nSPS) is 13.4. The molecule has 1 N–H and O–H groups in total. The number of nitrogens with one attached hydrogen (secondary N) is 1. The van der Waals surface area contributed by atoms with Gasteiger partial charge in [-0.25, -0.2) is 18.7 Å². The summed E-state index contributed by atoms with van der Waals surface area (Å²) in [5, 5.41) is 14.4. The van der Waals surface area contributed by atoms with E-state index in [0.717, 1.165) is 16.9 Å². The van der Waals surface area contributed by atoms with Gasteiger partial charge < -0.3 is 10.1 Å². The van der Waals surface area contributed by atoms with E-state index in [0.29, 0.717) is 38.3 Å². The number of rotatable bonds is 5. The number of hydrogen-bond acceptors (Lipinski definition) is 6. The molecule has 0 atom stereocenters. The summed E-state index contributed by atoms with van der Waals surface area (Å²) in [6, 6.07) is 21.1. The lowest BCUT2D eigenvalue weighted by molar-refractivity contribution is -0.118. The van der Waals surface area contributed by atoms with Gasteiger partial charge in [0.05, 0.1) is 40.2 Å². The molecule has 194 valence electrons. The zero-order valence-corrected chi connectivity index (χ0v) is 22.1. The van der Waals surface area contributed by atoms with Gasteiger partial charge in [0, 0.05) is 10.9 Å². The molecule has 39 heavy (non-hydrogen) atoms. The van der Waals surface area contributed by atoms with E-state index in [2.05, 4.69) is 10.4 Å². The van der Waals surface area contributed by atoms with Crippen LogP contribution in [0, 0.1) is 12.7 Å². The van der Waals surface area contributed by atoms with Crippen LogP contribution in [-0.4, -0.2) is 33.2 Å². The number of anilines is 1. The summed E-state index contributed by atoms with van der Waals surface area (Å²) in [5.74, 6) is 0.0530. The fourth-order valence-electron chi connectivity index (χ4n) is 4.07. The molecule has 0 fully saturated rings. The summed E-state index contributed by atoms with van der Waals surface area (Å²) in [4.78, 5) is 17.3. The zero-order chi connectivity index (χ0) is 26.9. The highest BCUT2D eigenvalue weighted by Crippen LogP contribution is 2.33. The molecule has 8 nitrogen and oxygen atoms in total. The molecule has 0 saturated carbocycles. The second kappa shape index (κ2) is 10.3. The Bertz CT molecular complexity index is 1790. The predicted octanol–water partition coefficient (Wildman–Crippen LogP) is 5.95. The number of hydrogen-bond donors (Lipinski definition) is 1. The molecule has 1 aliphatic heterocycles. The molecule has 11 heteroatoms. The quantitative estimate of drug-likeness (QED) is 0.271. The Labute approximate surface area is 231 Å². The Morgan fingerprint density at radius 1 is 1.13 bits per heavy atom. The smallest absolute Gasteiger partial charge is 0.262 e. The van der Waals surface area contributed by atoms with Gasteiger partial charge in [0.15, 0.2) is 6.61 Å². The Kier molecular flexibility index (Phi) is 6.55. The minimum absolute atomic E-state index is 0.0130. The van der Waals surface area contributed by atoms with Crippen molar-refractivity contribution in [3.8, 4) is 22.7 Å². The van der Waals surface area contributed by atoms with Gasteiger partial charge in [-0.1, -0.05) is 29.8 Å². The van der Waals surface area contributed by atoms with E-state index < -0.39 is 0 Å². The van der Waals surface area contributed by atoms with Crippen LogP contribution in [0.5, 0.6) is 5.75 Å². The Balaban J connectivity index is 1.45. The third-order valence-electron chi connectivity index (χ3n) is 6.00. The van der Waals surface area contributed by atoms with Crippen molar-refractivity contribution in [3.63, 3.8) is 0 Å². The number of halogens is 2. The molecule has 0 bridgehead atoms. The average molecular weight is 559 g/mol. The molecule has 2 aromatic heterocycles. The fraction of sp³-hybridized carbons (Fsp3) is 0.0714. The molecule has 0 saturated heterocycles. The first-order valence-electron chi connectivity index (χ1n) is 11.9. The molecule has 5 aromatic rings. The van der Waals surface area contributed by atoms with Crippen molar-refractivity contribution in [1.29, 1.82) is 0 Å². The van der Waals surface area contributed by atoms with Crippen molar-refractivity contribution in [2.75, 3.05) is 11.9 Å². The number of carbonyl (C=O) groups excluding carboxylic acids is 1. The standard InChI is InChI=1S/C28H20ClFN6O2S/c1-17-22(27(29)35(34-17)21-10-8-19(30)9-11-21)14-31-36-24(16-39-28(36)32-20-5-3-2-4-6-20)18-7-12-25-23(13-18)33-26(37)15-38-25/h2-14,16H,15H2,1H3,(H,33,37). The molecular formula is C28H20ClFN6O2S. The molecule has 0 aliphatic carbocycles. The number of fused-ring (bicyclic) bond motifs is 1. The van der Waals surface area contributed by atoms with Crippen LogP contribution in [0.3, 0.4) is 0 Å². The van der Waals surface area contributed by atoms with Crippen molar-refractivity contribution < 1.29 is 13.9 Å². The van der Waals surface area contributed by atoms with E-state index in [1.807, 2.05) is 60.8 Å². The van der Waals surface area contributed by atoms with E-state index in [4.69, 9.17) is 26.4 Å². The predicted molar refractivity (Wildman–Crippen MR) is 150 cm³/mol. The van der Waals surface area contributed by atoms with E-state index in [9.17, 15) is 9.18 Å². The first-order chi connectivity index (χ1) is 19.0. The number of carbonyl (C=O) groups is 1. The minimum Gasteiger partial charge on any atom is -0.482 e. The summed E-state index contributed by atoms with van der Waals surface area (Å²) in [5.41, 5.74) is 4.83. The molecule has 1 amide bonds. The van der Waals surface area contributed by atoms with Crippen LogP contribution in [0.4, 0.5) is 15.8 Å². The second-order valence-corrected chi connectivity index (χ2v) is 9.83. The van der Waals surface area contributed by atoms with Crippen LogP contribution >= 0.6 is 22.9 Å². The zero-order valence-electron chi connectivity index (χ0n) is 20.5. The minimum atomic E-state index is -0.343. The maximum absolute atomic E-state index is 13.4. The molecule has 3 aromatic carbocycles. The third-order valence-corrected chi connectivity index (χ3v) is 7.18. The Hall–Kier alpha value is -4.54. The van der Waals surface area contributed by atoms with Crippen molar-refractivity contribution in [2.24, 2.45) is 10.1 Å². The number of para-hydroxylation sites is 1. The highest BCUT2D eigenvalue weighted by atomic mass is 35.5. The monoisotopic (exact) mass is 558 g/mol. The first-order valence-corrected chi connectivity index (χ1v) is 13.1. The van der Waals surface area contributed by atoms with Crippen molar-refractivity contribution in [2.45, 2.75) is 6.92 Å². The SMILES string of the molecule is Cc1nn(-c2ccc(F)cc2)c(Cl)c1C=Nn1c(-c2ccc3c(c2)NC(=O)CO3)csc1=Nc1ccccc1. The number of ether oxygens (including phenoxy) is 1. The Morgan fingerprint density at radius 3 is 2.72 bits per heavy atom. The summed E-state index contributed by atoms with van der Waals surface area (Å²) in [6.07, 6.45) is 1.63. The molecule has 6 rings (SSSR count). The number of amides is 1. The molecule has 3 heterocycles. The van der Waals surface area contributed by atoms with Crippen LogP contribution in [0.25, 0.3) is 16.9 Å². The summed E-state index contributed by atoms with van der Waals surface area (Å²) in [7, 11) is 0. The van der Waals surface area contributed by atoms with Crippen LogP contribution in [-0.2, 0) is 4.79 Å². The maximum Gasteiger partial charge on any atom is 0.262 e. The second-order valence-electron chi connectivity index (χ2n) is 8.63. The van der Waals surface area contributed by atoms with Gasteiger partial charge in [0.2, 0.25) is 4.80 Å². The van der Waals surface area contributed by atoms with Gasteiger partial charge >= 0.3 is 0 Å². The molecule has 0 spiro atoms. The van der Waals surface area contributed by atoms with Crippen LogP contribution in [0.15, 0.2) is 88.3 Å². The topological polar surface area (TPSA) is 85.8 Å². The fourth-order valence-corrected chi connectivity index (χ4v) is 5.25. The number of benzene rings is 3. The van der Waals surface area contributed by atoms with E-state index >= 15 is 0 Å². The number of nitrogens with zero attached hydrogens (tertiary/aromatic N) is 5. The lowest BCUT2D eigenvalue weighted by Gasteiger charge is -2.18. The third kappa shape index (κ3) is 4.99. The molecular weight excluding hydrogens is 539 g/mol. The van der Waals surface area contributed by atoms with Gasteiger partial charge in [-0.3, -0.25) is 4.79 Å². The number of thiazole rings is 1. The average Bonchev–Trinajstić information content (AvgIpc) is 3.47. The van der Waals surface area contributed by atoms with E-state index in [-0.39, 0.29) is 18.3 Å². The van der Waals surface area contributed by atoms with E-state index in [1.165, 1.54) is 28.2 Å². The number of aryl methyl sites for hydroxylation is 1. The van der Waals surface area contributed by atoms with Crippen LogP contribution < -0.4 is 14.9 Å². The highest BCUT2D eigenvalue weighted by Gasteiger charge is 2.18. The molecule has 0 radical (unpaired) electrons. The van der Waals surface area contributed by atoms with Gasteiger partial charge in [0.1, 0.15) is 16.7 Å². The maximum atomic E-state index is 13.4. The van der Waals surface area contributed by atoms with Gasteiger partial charge in [-0.05, 0) is 61.5 Å². The van der Waals surface area contributed by atoms with Crippen molar-refractivity contribution in [3.05, 3.63) is 105 Å². The summed E-state index contributed by atoms with van der Waals surface area (Å²) < 4.78 is 22.2.